The first-order valence-corrected chi connectivity index (χ1v) is 16.1. The molecule has 3 nitrogen and oxygen atoms in total. The number of aliphatic hydroxyl groups excluding tert-OH is 2. The molecule has 0 aliphatic heterocycles. The minimum Gasteiger partial charge on any atom is -0.393 e. The van der Waals surface area contributed by atoms with Crippen LogP contribution in [0, 0.1) is 46.3 Å². The third-order valence-electron chi connectivity index (χ3n) is 12.7. The number of fused-ring (bicyclic) bond motifs is 1. The van der Waals surface area contributed by atoms with Crippen LogP contribution < -0.4 is 0 Å². The van der Waals surface area contributed by atoms with E-state index in [1.165, 1.54) is 77.0 Å². The Morgan fingerprint density at radius 3 is 2.42 bits per heavy atom. The van der Waals surface area contributed by atoms with Crippen molar-refractivity contribution in [2.24, 2.45) is 46.3 Å². The summed E-state index contributed by atoms with van der Waals surface area (Å²) in [5.41, 5.74) is 3.80. The molecule has 0 aromatic heterocycles. The van der Waals surface area contributed by atoms with E-state index in [9.17, 15) is 15.0 Å². The second-order valence-electron chi connectivity index (χ2n) is 15.2. The molecule has 0 spiro atoms. The predicted octanol–water partition coefficient (Wildman–Crippen LogP) is 7.72. The van der Waals surface area contributed by atoms with Crippen molar-refractivity contribution in [1.29, 1.82) is 0 Å². The van der Waals surface area contributed by atoms with Gasteiger partial charge in [-0.15, -0.1) is 0 Å². The molecule has 0 heterocycles. The lowest BCUT2D eigenvalue weighted by Gasteiger charge is -2.56. The Balaban J connectivity index is 1.06. The quantitative estimate of drug-likeness (QED) is 0.361. The van der Waals surface area contributed by atoms with E-state index in [0.29, 0.717) is 35.9 Å². The summed E-state index contributed by atoms with van der Waals surface area (Å²) in [7, 11) is 0. The molecular formula is C35H52O3. The average molecular weight is 521 g/mol. The Hall–Kier alpha value is -1.19. The van der Waals surface area contributed by atoms with Gasteiger partial charge < -0.3 is 10.2 Å². The second kappa shape index (κ2) is 10.3. The molecule has 7 fully saturated rings. The molecule has 38 heavy (non-hydrogen) atoms. The van der Waals surface area contributed by atoms with Crippen molar-refractivity contribution in [2.75, 3.05) is 0 Å². The molecule has 0 unspecified atom stereocenters. The number of carbonyl (C=O) groups is 1. The van der Waals surface area contributed by atoms with Gasteiger partial charge in [-0.1, -0.05) is 44.6 Å². The molecule has 2 N–H and O–H groups in total. The first-order chi connectivity index (χ1) is 18.2. The molecule has 7 saturated carbocycles. The van der Waals surface area contributed by atoms with Gasteiger partial charge in [-0.25, -0.2) is 0 Å². The highest BCUT2D eigenvalue weighted by molar-refractivity contribution is 5.85. The van der Waals surface area contributed by atoms with Crippen LogP contribution in [0.5, 0.6) is 0 Å². The molecule has 7 rings (SSSR count). The van der Waals surface area contributed by atoms with Crippen molar-refractivity contribution in [3.8, 4) is 0 Å². The average Bonchev–Trinajstić information content (AvgIpc) is 3.22. The molecule has 3 heteroatoms. The lowest BCUT2D eigenvalue weighted by molar-refractivity contribution is -0.144. The molecule has 0 saturated heterocycles. The Morgan fingerprint density at radius 1 is 1.05 bits per heavy atom. The van der Waals surface area contributed by atoms with Gasteiger partial charge in [0.25, 0.3) is 0 Å². The van der Waals surface area contributed by atoms with Gasteiger partial charge >= 0.3 is 0 Å². The lowest BCUT2D eigenvalue weighted by Crippen LogP contribution is -2.50. The monoisotopic (exact) mass is 520 g/mol. The molecule has 0 radical (unpaired) electrons. The van der Waals surface area contributed by atoms with E-state index in [1.807, 2.05) is 0 Å². The first-order valence-electron chi connectivity index (χ1n) is 16.1. The maximum Gasteiger partial charge on any atom is 0.139 e. The minimum atomic E-state index is -0.619. The van der Waals surface area contributed by atoms with E-state index < -0.39 is 12.2 Å². The number of allylic oxidation sites excluding steroid dienone is 3. The molecule has 210 valence electrons. The van der Waals surface area contributed by atoms with Gasteiger partial charge in [-0.05, 0) is 136 Å². The van der Waals surface area contributed by atoms with E-state index >= 15 is 0 Å². The maximum absolute atomic E-state index is 13.5. The van der Waals surface area contributed by atoms with Crippen LogP contribution in [0.4, 0.5) is 0 Å². The fourth-order valence-electron chi connectivity index (χ4n) is 11.2. The number of rotatable bonds is 7. The van der Waals surface area contributed by atoms with Crippen molar-refractivity contribution in [2.45, 2.75) is 129 Å². The van der Waals surface area contributed by atoms with E-state index in [-0.39, 0.29) is 5.41 Å². The standard InChI is InChI=1S/C35H52O3/c1-22(6-4-8-33(38)35-19-24-14-25(20-35)16-26(15-24)21-35)30-11-12-31-27(7-5-13-34(30,31)3)9-10-28-17-29(36)18-32(37)23(28)2/h9-10,22,24-26,29-32,36-37H,2,4-8,11-21H2,1,3H3/b27-9+,28-10-/t22-,24?,25?,26?,29-,30-,31+,32+,34-,35?/m1/s1. The Kier molecular flexibility index (Phi) is 7.34. The van der Waals surface area contributed by atoms with Crippen LogP contribution in [0.15, 0.2) is 35.5 Å². The highest BCUT2D eigenvalue weighted by atomic mass is 16.3. The Bertz CT molecular complexity index is 967. The van der Waals surface area contributed by atoms with Crippen molar-refractivity contribution in [3.63, 3.8) is 0 Å². The molecule has 6 atom stereocenters. The molecule has 7 aliphatic rings. The van der Waals surface area contributed by atoms with Gasteiger partial charge in [0.1, 0.15) is 5.78 Å². The van der Waals surface area contributed by atoms with Crippen LogP contribution in [-0.2, 0) is 4.79 Å². The summed E-state index contributed by atoms with van der Waals surface area (Å²) in [6, 6.07) is 0. The number of hydrogen-bond donors (Lipinski definition) is 2. The van der Waals surface area contributed by atoms with E-state index in [1.54, 1.807) is 5.57 Å². The van der Waals surface area contributed by atoms with Crippen molar-refractivity contribution < 1.29 is 15.0 Å². The van der Waals surface area contributed by atoms with E-state index in [4.69, 9.17) is 0 Å². The summed E-state index contributed by atoms with van der Waals surface area (Å²) in [6.45, 7) is 9.13. The van der Waals surface area contributed by atoms with Crippen molar-refractivity contribution in [1.82, 2.24) is 0 Å². The van der Waals surface area contributed by atoms with Crippen LogP contribution in [0.2, 0.25) is 0 Å². The van der Waals surface area contributed by atoms with E-state index in [2.05, 4.69) is 32.6 Å². The zero-order valence-electron chi connectivity index (χ0n) is 24.1. The van der Waals surface area contributed by atoms with Gasteiger partial charge in [0, 0.05) is 18.3 Å². The second-order valence-corrected chi connectivity index (χ2v) is 15.2. The smallest absolute Gasteiger partial charge is 0.139 e. The number of aliphatic hydroxyl groups is 2. The zero-order chi connectivity index (χ0) is 26.7. The number of carbonyl (C=O) groups excluding carboxylic acids is 1. The molecule has 0 aromatic carbocycles. The highest BCUT2D eigenvalue weighted by Crippen LogP contribution is 2.62. The van der Waals surface area contributed by atoms with Crippen LogP contribution in [-0.4, -0.2) is 28.2 Å². The van der Waals surface area contributed by atoms with Gasteiger partial charge in [-0.2, -0.15) is 0 Å². The topological polar surface area (TPSA) is 57.5 Å². The summed E-state index contributed by atoms with van der Waals surface area (Å²) in [4.78, 5) is 13.5. The van der Waals surface area contributed by atoms with E-state index in [0.717, 1.165) is 47.7 Å². The molecule has 0 amide bonds. The number of hydrogen-bond acceptors (Lipinski definition) is 3. The third-order valence-corrected chi connectivity index (χ3v) is 12.7. The Morgan fingerprint density at radius 2 is 1.74 bits per heavy atom. The fraction of sp³-hybridized carbons (Fsp3) is 0.800. The maximum atomic E-state index is 13.5. The third kappa shape index (κ3) is 4.83. The Labute approximate surface area is 231 Å². The largest absolute Gasteiger partial charge is 0.393 e. The van der Waals surface area contributed by atoms with Crippen molar-refractivity contribution >= 4 is 5.78 Å². The highest BCUT2D eigenvalue weighted by Gasteiger charge is 2.54. The molecule has 0 aromatic rings. The number of Topliss-reactive ketones (excluding diaryl/α,β-unsaturated/α-hetero) is 1. The zero-order valence-corrected chi connectivity index (χ0v) is 24.1. The van der Waals surface area contributed by atoms with Gasteiger partial charge in [-0.3, -0.25) is 4.79 Å². The molecule has 4 bridgehead atoms. The summed E-state index contributed by atoms with van der Waals surface area (Å²) in [5, 5.41) is 20.4. The molecular weight excluding hydrogens is 468 g/mol. The van der Waals surface area contributed by atoms with Crippen LogP contribution in [0.3, 0.4) is 0 Å². The molecule has 7 aliphatic carbocycles. The van der Waals surface area contributed by atoms with Crippen molar-refractivity contribution in [3.05, 3.63) is 35.5 Å². The summed E-state index contributed by atoms with van der Waals surface area (Å²) in [6.07, 6.45) is 21.7. The van der Waals surface area contributed by atoms with Gasteiger partial charge in [0.05, 0.1) is 12.2 Å². The van der Waals surface area contributed by atoms with Crippen LogP contribution >= 0.6 is 0 Å². The normalized spacial score (nSPS) is 47.1. The summed E-state index contributed by atoms with van der Waals surface area (Å²) < 4.78 is 0. The van der Waals surface area contributed by atoms with Crippen LogP contribution in [0.1, 0.15) is 117 Å². The number of ketones is 1. The minimum absolute atomic E-state index is 0.0791. The van der Waals surface area contributed by atoms with Gasteiger partial charge in [0.2, 0.25) is 0 Å². The SMILES string of the molecule is C=C1/C(=C\C=C2/CCC[C@]3(C)[C@@H]([C@H](C)CCCC(=O)C45CC6CC(CC(C6)C4)C5)CC[C@@H]23)C[C@@H](O)C[C@@H]1O. The summed E-state index contributed by atoms with van der Waals surface area (Å²) >= 11 is 0. The first kappa shape index (κ1) is 27.0. The van der Waals surface area contributed by atoms with Gasteiger partial charge in [0.15, 0.2) is 0 Å². The lowest BCUT2D eigenvalue weighted by atomic mass is 9.48. The summed E-state index contributed by atoms with van der Waals surface area (Å²) in [5.74, 6) is 5.26. The predicted molar refractivity (Wildman–Crippen MR) is 153 cm³/mol. The van der Waals surface area contributed by atoms with Crippen LogP contribution in [0.25, 0.3) is 0 Å². The fourth-order valence-corrected chi connectivity index (χ4v) is 11.2.